The maximum atomic E-state index is 13.5. The lowest BCUT2D eigenvalue weighted by Gasteiger charge is -2.44. The molecule has 1 aliphatic heterocycles. The molecular formula is C22H31N3O3S. The molecular weight excluding hydrogens is 386 g/mol. The third-order valence-electron chi connectivity index (χ3n) is 6.46. The predicted octanol–water partition coefficient (Wildman–Crippen LogP) is 3.79. The van der Waals surface area contributed by atoms with Crippen LogP contribution in [0.4, 0.5) is 0 Å². The van der Waals surface area contributed by atoms with Gasteiger partial charge in [-0.3, -0.25) is 9.59 Å². The zero-order valence-electron chi connectivity index (χ0n) is 17.4. The number of carbonyl (C=O) groups is 2. The van der Waals surface area contributed by atoms with Crippen molar-refractivity contribution in [2.24, 2.45) is 0 Å². The zero-order valence-corrected chi connectivity index (χ0v) is 18.2. The van der Waals surface area contributed by atoms with E-state index in [9.17, 15) is 9.59 Å². The molecule has 1 atom stereocenters. The van der Waals surface area contributed by atoms with Gasteiger partial charge in [0, 0.05) is 26.3 Å². The Bertz CT molecular complexity index is 881. The number of amides is 2. The Morgan fingerprint density at radius 1 is 1.31 bits per heavy atom. The summed E-state index contributed by atoms with van der Waals surface area (Å²) in [5.74, 6) is -0.0906. The fraction of sp³-hybridized carbons (Fsp3) is 0.636. The van der Waals surface area contributed by atoms with Crippen LogP contribution in [0.25, 0.3) is 10.2 Å². The van der Waals surface area contributed by atoms with Gasteiger partial charge in [-0.25, -0.2) is 0 Å². The summed E-state index contributed by atoms with van der Waals surface area (Å²) in [6, 6.07) is 4.22. The molecule has 4 rings (SSSR count). The van der Waals surface area contributed by atoms with Gasteiger partial charge in [-0.2, -0.15) is 0 Å². The molecule has 2 aromatic heterocycles. The Kier molecular flexibility index (Phi) is 5.97. The summed E-state index contributed by atoms with van der Waals surface area (Å²) < 4.78 is 8.33. The number of aromatic nitrogens is 1. The van der Waals surface area contributed by atoms with Crippen molar-refractivity contribution in [3.05, 3.63) is 23.2 Å². The van der Waals surface area contributed by atoms with Crippen molar-refractivity contribution < 1.29 is 14.3 Å². The van der Waals surface area contributed by atoms with Gasteiger partial charge < -0.3 is 19.5 Å². The Morgan fingerprint density at radius 3 is 2.79 bits per heavy atom. The van der Waals surface area contributed by atoms with Crippen LogP contribution >= 0.6 is 11.3 Å². The summed E-state index contributed by atoms with van der Waals surface area (Å²) in [4.78, 5) is 28.8. The van der Waals surface area contributed by atoms with E-state index >= 15 is 0 Å². The van der Waals surface area contributed by atoms with Gasteiger partial charge in [0.05, 0.1) is 16.8 Å². The highest BCUT2D eigenvalue weighted by Gasteiger charge is 2.47. The van der Waals surface area contributed by atoms with E-state index in [1.807, 2.05) is 29.0 Å². The van der Waals surface area contributed by atoms with Crippen LogP contribution in [0.15, 0.2) is 17.5 Å². The van der Waals surface area contributed by atoms with Gasteiger partial charge >= 0.3 is 0 Å². The van der Waals surface area contributed by atoms with Crippen molar-refractivity contribution in [2.75, 3.05) is 20.3 Å². The first-order chi connectivity index (χ1) is 14.0. The molecule has 0 aromatic carbocycles. The summed E-state index contributed by atoms with van der Waals surface area (Å²) in [6.45, 7) is 3.49. The van der Waals surface area contributed by atoms with Crippen LogP contribution in [0, 0.1) is 0 Å². The number of hydrogen-bond acceptors (Lipinski definition) is 4. The van der Waals surface area contributed by atoms with Crippen molar-refractivity contribution in [2.45, 2.75) is 70.0 Å². The highest BCUT2D eigenvalue weighted by atomic mass is 32.1. The molecule has 0 radical (unpaired) electrons. The number of hydrogen-bond donors (Lipinski definition) is 1. The van der Waals surface area contributed by atoms with Gasteiger partial charge in [0.25, 0.3) is 5.91 Å². The minimum atomic E-state index is -0.905. The van der Waals surface area contributed by atoms with Gasteiger partial charge in [-0.15, -0.1) is 11.3 Å². The Morgan fingerprint density at radius 2 is 2.07 bits per heavy atom. The highest BCUT2D eigenvalue weighted by Crippen LogP contribution is 2.34. The first kappa shape index (κ1) is 20.4. The molecule has 158 valence electrons. The summed E-state index contributed by atoms with van der Waals surface area (Å²) in [7, 11) is 1.66. The van der Waals surface area contributed by atoms with E-state index in [1.54, 1.807) is 23.3 Å². The van der Waals surface area contributed by atoms with Crippen LogP contribution in [0.2, 0.25) is 0 Å². The van der Waals surface area contributed by atoms with Gasteiger partial charge in [-0.1, -0.05) is 25.7 Å². The van der Waals surface area contributed by atoms with Crippen LogP contribution in [0.5, 0.6) is 0 Å². The van der Waals surface area contributed by atoms with Crippen LogP contribution in [0.1, 0.15) is 62.4 Å². The Balaban J connectivity index is 1.64. The van der Waals surface area contributed by atoms with Crippen molar-refractivity contribution in [3.8, 4) is 0 Å². The van der Waals surface area contributed by atoms with Crippen LogP contribution < -0.4 is 5.32 Å². The molecule has 2 amide bonds. The van der Waals surface area contributed by atoms with Gasteiger partial charge in [0.15, 0.2) is 0 Å². The van der Waals surface area contributed by atoms with Crippen LogP contribution in [-0.4, -0.2) is 53.1 Å². The second-order valence-corrected chi connectivity index (χ2v) is 9.47. The van der Waals surface area contributed by atoms with Gasteiger partial charge in [0.2, 0.25) is 5.91 Å². The van der Waals surface area contributed by atoms with E-state index in [1.165, 1.54) is 12.8 Å². The average Bonchev–Trinajstić information content (AvgIpc) is 3.19. The van der Waals surface area contributed by atoms with Crippen molar-refractivity contribution >= 4 is 33.4 Å². The second-order valence-electron chi connectivity index (χ2n) is 8.52. The molecule has 0 saturated heterocycles. The molecule has 1 N–H and O–H groups in total. The third kappa shape index (κ3) is 3.82. The number of rotatable bonds is 6. The number of carbonyl (C=O) groups excluding carboxylic acids is 2. The first-order valence-electron chi connectivity index (χ1n) is 10.7. The standard InChI is InChI=1S/C22H31N3O3S/c1-22(21(27)23-16-8-5-3-4-6-9-16)15-24-17-10-13-29-19(17)14-18(24)20(26)25(22)11-7-12-28-2/h10,13-14,16H,3-9,11-12,15H2,1-2H3,(H,23,27)/t22-/m1/s1. The molecule has 6 nitrogen and oxygen atoms in total. The molecule has 0 spiro atoms. The zero-order chi connectivity index (χ0) is 20.4. The normalized spacial score (nSPS) is 23.2. The second kappa shape index (κ2) is 8.48. The minimum absolute atomic E-state index is 0.0297. The first-order valence-corrected chi connectivity index (χ1v) is 11.6. The number of ether oxygens (including phenoxy) is 1. The molecule has 0 bridgehead atoms. The van der Waals surface area contributed by atoms with Crippen molar-refractivity contribution in [1.29, 1.82) is 0 Å². The largest absolute Gasteiger partial charge is 0.385 e. The Hall–Kier alpha value is -1.86. The van der Waals surface area contributed by atoms with E-state index in [-0.39, 0.29) is 17.9 Å². The average molecular weight is 418 g/mol. The molecule has 2 aliphatic rings. The summed E-state index contributed by atoms with van der Waals surface area (Å²) in [6.07, 6.45) is 7.59. The summed E-state index contributed by atoms with van der Waals surface area (Å²) in [5, 5.41) is 5.34. The van der Waals surface area contributed by atoms with Crippen LogP contribution in [0.3, 0.4) is 0 Å². The fourth-order valence-electron chi connectivity index (χ4n) is 4.75. The number of nitrogens with one attached hydrogen (secondary N) is 1. The van der Waals surface area contributed by atoms with Gasteiger partial charge in [0.1, 0.15) is 11.2 Å². The maximum absolute atomic E-state index is 13.5. The number of methoxy groups -OCH3 is 1. The lowest BCUT2D eigenvalue weighted by molar-refractivity contribution is -0.133. The molecule has 2 aromatic rings. The molecule has 1 fully saturated rings. The third-order valence-corrected chi connectivity index (χ3v) is 7.31. The number of thiophene rings is 1. The SMILES string of the molecule is COCCCN1C(=O)c2cc3sccc3n2C[C@]1(C)C(=O)NC1CCCCCC1. The fourth-order valence-corrected chi connectivity index (χ4v) is 5.58. The Labute approximate surface area is 176 Å². The summed E-state index contributed by atoms with van der Waals surface area (Å²) >= 11 is 1.63. The number of nitrogens with zero attached hydrogens (tertiary/aromatic N) is 2. The van der Waals surface area contributed by atoms with E-state index < -0.39 is 5.54 Å². The van der Waals surface area contributed by atoms with Gasteiger partial charge in [-0.05, 0) is 43.7 Å². The smallest absolute Gasteiger partial charge is 0.271 e. The monoisotopic (exact) mass is 417 g/mol. The van der Waals surface area contributed by atoms with Crippen molar-refractivity contribution in [3.63, 3.8) is 0 Å². The van der Waals surface area contributed by atoms with E-state index in [0.717, 1.165) is 35.9 Å². The quantitative estimate of drug-likeness (QED) is 0.574. The number of fused-ring (bicyclic) bond motifs is 3. The molecule has 3 heterocycles. The molecule has 29 heavy (non-hydrogen) atoms. The molecule has 7 heteroatoms. The van der Waals surface area contributed by atoms with E-state index in [0.29, 0.717) is 31.8 Å². The van der Waals surface area contributed by atoms with E-state index in [2.05, 4.69) is 5.32 Å². The lowest BCUT2D eigenvalue weighted by Crippen LogP contribution is -2.65. The van der Waals surface area contributed by atoms with Crippen LogP contribution in [-0.2, 0) is 16.1 Å². The lowest BCUT2D eigenvalue weighted by atomic mass is 9.93. The molecule has 1 aliphatic carbocycles. The molecule has 0 unspecified atom stereocenters. The summed E-state index contributed by atoms with van der Waals surface area (Å²) in [5.41, 5.74) is 0.824. The van der Waals surface area contributed by atoms with E-state index in [4.69, 9.17) is 4.74 Å². The maximum Gasteiger partial charge on any atom is 0.271 e. The molecule has 1 saturated carbocycles. The van der Waals surface area contributed by atoms with Crippen molar-refractivity contribution in [1.82, 2.24) is 14.8 Å². The topological polar surface area (TPSA) is 63.6 Å². The predicted molar refractivity (Wildman–Crippen MR) is 115 cm³/mol. The minimum Gasteiger partial charge on any atom is -0.385 e. The highest BCUT2D eigenvalue weighted by molar-refractivity contribution is 7.17.